The summed E-state index contributed by atoms with van der Waals surface area (Å²) in [7, 11) is 0. The van der Waals surface area contributed by atoms with Gasteiger partial charge < -0.3 is 20.0 Å². The highest BCUT2D eigenvalue weighted by Crippen LogP contribution is 2.38. The number of hydrogen-bond donors (Lipinski definition) is 3. The van der Waals surface area contributed by atoms with Gasteiger partial charge in [0.05, 0.1) is 22.6 Å². The molecule has 116 valence electrons. The molecule has 1 amide bonds. The summed E-state index contributed by atoms with van der Waals surface area (Å²) in [5.74, 6) is -0.481. The van der Waals surface area contributed by atoms with Crippen LogP contribution in [-0.2, 0) is 14.3 Å². The molecular weight excluding hydrogens is 354 g/mol. The number of nitrogens with one attached hydrogen (secondary N) is 3. The van der Waals surface area contributed by atoms with E-state index < -0.39 is 5.91 Å². The third-order valence-electron chi connectivity index (χ3n) is 3.64. The Balaban J connectivity index is 1.64. The topological polar surface area (TPSA) is 104 Å². The Bertz CT molecular complexity index is 810. The largest absolute Gasteiger partial charge is 0.455 e. The van der Waals surface area contributed by atoms with E-state index in [-0.39, 0.29) is 24.2 Å². The Morgan fingerprint density at radius 1 is 1.36 bits per heavy atom. The lowest BCUT2D eigenvalue weighted by Crippen LogP contribution is -2.22. The first-order valence-electron chi connectivity index (χ1n) is 6.82. The molecular formula is C14H14BrN3O4. The molecule has 2 atom stereocenters. The Morgan fingerprint density at radius 2 is 2.00 bits per heavy atom. The molecule has 0 aliphatic heterocycles. The average molecular weight is 368 g/mol. The van der Waals surface area contributed by atoms with Gasteiger partial charge in [0.2, 0.25) is 0 Å². The smallest absolute Gasteiger partial charge is 0.323 e. The van der Waals surface area contributed by atoms with Gasteiger partial charge in [0.15, 0.2) is 6.61 Å². The van der Waals surface area contributed by atoms with Crippen LogP contribution in [0.4, 0.5) is 5.69 Å². The molecule has 1 aliphatic rings. The van der Waals surface area contributed by atoms with E-state index in [2.05, 4.69) is 31.2 Å². The van der Waals surface area contributed by atoms with E-state index in [0.717, 1.165) is 6.42 Å². The fourth-order valence-corrected chi connectivity index (χ4v) is 2.67. The number of fused-ring (bicyclic) bond motifs is 1. The molecule has 0 radical (unpaired) electrons. The van der Waals surface area contributed by atoms with Crippen molar-refractivity contribution in [3.05, 3.63) is 27.1 Å². The third-order valence-corrected chi connectivity index (χ3v) is 4.29. The van der Waals surface area contributed by atoms with Crippen LogP contribution in [0.15, 0.2) is 21.4 Å². The lowest BCUT2D eigenvalue weighted by atomic mass is 10.2. The Kier molecular flexibility index (Phi) is 3.78. The highest BCUT2D eigenvalue weighted by Gasteiger charge is 2.40. The zero-order valence-electron chi connectivity index (χ0n) is 11.7. The summed E-state index contributed by atoms with van der Waals surface area (Å²) in [6, 6.07) is 3.31. The zero-order valence-corrected chi connectivity index (χ0v) is 13.3. The first-order valence-corrected chi connectivity index (χ1v) is 7.61. The minimum atomic E-state index is -0.431. The predicted octanol–water partition coefficient (Wildman–Crippen LogP) is 1.76. The number of carbonyl (C=O) groups is 2. The Labute approximate surface area is 133 Å². The summed E-state index contributed by atoms with van der Waals surface area (Å²) in [5, 5.41) is 2.64. The maximum absolute atomic E-state index is 11.8. The number of H-pyrrole nitrogens is 2. The first-order chi connectivity index (χ1) is 10.4. The van der Waals surface area contributed by atoms with Crippen LogP contribution >= 0.6 is 15.9 Å². The van der Waals surface area contributed by atoms with Gasteiger partial charge in [0.1, 0.15) is 0 Å². The van der Waals surface area contributed by atoms with E-state index in [0.29, 0.717) is 27.1 Å². The van der Waals surface area contributed by atoms with Crippen LogP contribution < -0.4 is 11.0 Å². The van der Waals surface area contributed by atoms with E-state index in [4.69, 9.17) is 4.74 Å². The molecule has 3 N–H and O–H groups in total. The number of benzene rings is 1. The van der Waals surface area contributed by atoms with Crippen molar-refractivity contribution in [1.82, 2.24) is 9.97 Å². The number of ether oxygens (including phenoxy) is 1. The van der Waals surface area contributed by atoms with Gasteiger partial charge in [-0.3, -0.25) is 9.59 Å². The number of rotatable bonds is 4. The molecule has 1 aromatic heterocycles. The first kappa shape index (κ1) is 14.8. The third kappa shape index (κ3) is 3.06. The highest BCUT2D eigenvalue weighted by atomic mass is 79.9. The van der Waals surface area contributed by atoms with E-state index in [9.17, 15) is 14.4 Å². The molecule has 1 aliphatic carbocycles. The molecule has 0 saturated heterocycles. The Morgan fingerprint density at radius 3 is 2.64 bits per heavy atom. The quantitative estimate of drug-likeness (QED) is 0.716. The van der Waals surface area contributed by atoms with Gasteiger partial charge in [-0.25, -0.2) is 4.79 Å². The maximum atomic E-state index is 11.8. The minimum Gasteiger partial charge on any atom is -0.455 e. The molecule has 8 heteroatoms. The number of carbonyl (C=O) groups excluding carboxylic acids is 2. The van der Waals surface area contributed by atoms with E-state index >= 15 is 0 Å². The second-order valence-electron chi connectivity index (χ2n) is 5.43. The van der Waals surface area contributed by atoms with Gasteiger partial charge in [-0.1, -0.05) is 6.92 Å². The zero-order chi connectivity index (χ0) is 15.9. The summed E-state index contributed by atoms with van der Waals surface area (Å²) >= 11 is 3.32. The summed E-state index contributed by atoms with van der Waals surface area (Å²) in [5.41, 5.74) is 1.37. The van der Waals surface area contributed by atoms with Crippen LogP contribution in [0.3, 0.4) is 0 Å². The summed E-state index contributed by atoms with van der Waals surface area (Å²) < 4.78 is 5.59. The number of amides is 1. The van der Waals surface area contributed by atoms with Crippen LogP contribution in [0.1, 0.15) is 13.3 Å². The lowest BCUT2D eigenvalue weighted by Gasteiger charge is -2.08. The molecule has 1 aromatic carbocycles. The summed E-state index contributed by atoms with van der Waals surface area (Å²) in [4.78, 5) is 39.9. The van der Waals surface area contributed by atoms with Crippen molar-refractivity contribution in [2.24, 2.45) is 11.8 Å². The monoisotopic (exact) mass is 367 g/mol. The van der Waals surface area contributed by atoms with Crippen LogP contribution in [0.5, 0.6) is 0 Å². The number of hydrogen-bond acceptors (Lipinski definition) is 4. The van der Waals surface area contributed by atoms with Gasteiger partial charge in [0, 0.05) is 4.47 Å². The van der Waals surface area contributed by atoms with Crippen LogP contribution in [0, 0.1) is 11.8 Å². The molecule has 1 saturated carbocycles. The normalized spacial score (nSPS) is 19.9. The van der Waals surface area contributed by atoms with Gasteiger partial charge in [0.25, 0.3) is 5.91 Å². The molecule has 0 spiro atoms. The van der Waals surface area contributed by atoms with Crippen molar-refractivity contribution in [2.75, 3.05) is 11.9 Å². The van der Waals surface area contributed by atoms with Gasteiger partial charge in [-0.05, 0) is 40.4 Å². The van der Waals surface area contributed by atoms with Crippen LogP contribution in [0.25, 0.3) is 11.0 Å². The molecule has 0 unspecified atom stereocenters. The van der Waals surface area contributed by atoms with E-state index in [1.54, 1.807) is 12.1 Å². The predicted molar refractivity (Wildman–Crippen MR) is 83.5 cm³/mol. The molecule has 3 rings (SSSR count). The number of imidazole rings is 1. The number of halogens is 1. The van der Waals surface area contributed by atoms with Crippen molar-refractivity contribution in [3.63, 3.8) is 0 Å². The van der Waals surface area contributed by atoms with Gasteiger partial charge >= 0.3 is 11.7 Å². The van der Waals surface area contributed by atoms with Crippen molar-refractivity contribution in [3.8, 4) is 0 Å². The summed E-state index contributed by atoms with van der Waals surface area (Å²) in [6.45, 7) is 1.65. The number of esters is 1. The molecule has 1 fully saturated rings. The van der Waals surface area contributed by atoms with Crippen molar-refractivity contribution >= 4 is 44.5 Å². The van der Waals surface area contributed by atoms with Crippen molar-refractivity contribution in [1.29, 1.82) is 0 Å². The number of aromatic amines is 2. The SMILES string of the molecule is C[C@H]1C[C@H]1C(=O)OCC(=O)Nc1cc2[nH]c(=O)[nH]c2cc1Br. The summed E-state index contributed by atoms with van der Waals surface area (Å²) in [6.07, 6.45) is 0.823. The molecule has 1 heterocycles. The van der Waals surface area contributed by atoms with Crippen LogP contribution in [-0.4, -0.2) is 28.5 Å². The van der Waals surface area contributed by atoms with E-state index in [1.807, 2.05) is 6.92 Å². The van der Waals surface area contributed by atoms with Gasteiger partial charge in [-0.2, -0.15) is 0 Å². The number of anilines is 1. The average Bonchev–Trinajstić information content (AvgIpc) is 3.07. The minimum absolute atomic E-state index is 0.0687. The molecule has 2 aromatic rings. The lowest BCUT2D eigenvalue weighted by molar-refractivity contribution is -0.148. The van der Waals surface area contributed by atoms with Gasteiger partial charge in [-0.15, -0.1) is 0 Å². The van der Waals surface area contributed by atoms with E-state index in [1.165, 1.54) is 0 Å². The highest BCUT2D eigenvalue weighted by molar-refractivity contribution is 9.10. The van der Waals surface area contributed by atoms with Crippen molar-refractivity contribution < 1.29 is 14.3 Å². The second kappa shape index (κ2) is 5.60. The molecule has 7 nitrogen and oxygen atoms in total. The maximum Gasteiger partial charge on any atom is 0.323 e. The molecule has 22 heavy (non-hydrogen) atoms. The van der Waals surface area contributed by atoms with Crippen molar-refractivity contribution in [2.45, 2.75) is 13.3 Å². The molecule has 0 bridgehead atoms. The Hall–Kier alpha value is -2.09. The fourth-order valence-electron chi connectivity index (χ4n) is 2.23. The second-order valence-corrected chi connectivity index (χ2v) is 6.29. The fraction of sp³-hybridized carbons (Fsp3) is 0.357. The van der Waals surface area contributed by atoms with Crippen LogP contribution in [0.2, 0.25) is 0 Å². The standard InChI is InChI=1S/C14H14BrN3O4/c1-6-2-7(6)13(20)22-5-12(19)16-9-4-11-10(3-8(9)15)17-14(21)18-11/h3-4,6-7H,2,5H2,1H3,(H,16,19)(H2,17,18,21)/t6-,7+/m0/s1. The number of aromatic nitrogens is 2.